The summed E-state index contributed by atoms with van der Waals surface area (Å²) in [5.41, 5.74) is 1.95. The first kappa shape index (κ1) is 18.9. The zero-order valence-electron chi connectivity index (χ0n) is 16.3. The van der Waals surface area contributed by atoms with Gasteiger partial charge in [0.15, 0.2) is 0 Å². The molecule has 150 valence electrons. The van der Waals surface area contributed by atoms with E-state index in [2.05, 4.69) is 21.0 Å². The topological polar surface area (TPSA) is 72.2 Å². The third-order valence-corrected chi connectivity index (χ3v) is 5.86. The molecular formula is C21H29N5O2. The summed E-state index contributed by atoms with van der Waals surface area (Å²) in [5.74, 6) is -0.180. The molecule has 0 aromatic carbocycles. The van der Waals surface area contributed by atoms with Gasteiger partial charge in [-0.15, -0.1) is 0 Å². The Hall–Kier alpha value is -2.41. The van der Waals surface area contributed by atoms with Gasteiger partial charge in [-0.05, 0) is 31.4 Å². The van der Waals surface area contributed by atoms with Crippen molar-refractivity contribution >= 4 is 5.91 Å². The number of hydrogen-bond donors (Lipinski definition) is 1. The monoisotopic (exact) mass is 383 g/mol. The Balaban J connectivity index is 1.35. The molecule has 2 aromatic rings. The molecule has 1 aliphatic carbocycles. The Kier molecular flexibility index (Phi) is 5.90. The first-order valence-electron chi connectivity index (χ1n) is 10.4. The highest BCUT2D eigenvalue weighted by Crippen LogP contribution is 2.25. The summed E-state index contributed by atoms with van der Waals surface area (Å²) in [6, 6.07) is 7.71. The van der Waals surface area contributed by atoms with Crippen LogP contribution in [0.25, 0.3) is 0 Å². The van der Waals surface area contributed by atoms with Crippen LogP contribution in [0.2, 0.25) is 0 Å². The van der Waals surface area contributed by atoms with E-state index < -0.39 is 0 Å². The van der Waals surface area contributed by atoms with Gasteiger partial charge in [0.2, 0.25) is 5.91 Å². The van der Waals surface area contributed by atoms with E-state index >= 15 is 0 Å². The average molecular weight is 383 g/mol. The number of aryl methyl sites for hydroxylation is 1. The van der Waals surface area contributed by atoms with E-state index in [4.69, 9.17) is 5.10 Å². The molecule has 28 heavy (non-hydrogen) atoms. The van der Waals surface area contributed by atoms with Crippen LogP contribution in [-0.4, -0.2) is 37.7 Å². The summed E-state index contributed by atoms with van der Waals surface area (Å²) in [4.78, 5) is 26.5. The zero-order chi connectivity index (χ0) is 19.3. The highest BCUT2D eigenvalue weighted by Gasteiger charge is 2.24. The summed E-state index contributed by atoms with van der Waals surface area (Å²) < 4.78 is 3.51. The summed E-state index contributed by atoms with van der Waals surface area (Å²) in [5, 5.41) is 7.58. The van der Waals surface area contributed by atoms with Crippen LogP contribution in [0, 0.1) is 0 Å². The second-order valence-electron chi connectivity index (χ2n) is 7.91. The van der Waals surface area contributed by atoms with Gasteiger partial charge in [0.05, 0.1) is 17.9 Å². The maximum atomic E-state index is 12.2. The van der Waals surface area contributed by atoms with Crippen molar-refractivity contribution in [3.8, 4) is 0 Å². The van der Waals surface area contributed by atoms with E-state index in [1.54, 1.807) is 18.3 Å². The number of amides is 1. The van der Waals surface area contributed by atoms with E-state index in [9.17, 15) is 9.59 Å². The molecule has 1 amide bonds. The van der Waals surface area contributed by atoms with Crippen LogP contribution in [0.15, 0.2) is 35.3 Å². The minimum Gasteiger partial charge on any atom is -0.349 e. The Morgan fingerprint density at radius 1 is 1.14 bits per heavy atom. The predicted molar refractivity (Wildman–Crippen MR) is 107 cm³/mol. The Bertz CT molecular complexity index is 866. The van der Waals surface area contributed by atoms with Crippen LogP contribution in [0.4, 0.5) is 0 Å². The van der Waals surface area contributed by atoms with Crippen LogP contribution in [0.3, 0.4) is 0 Å². The lowest BCUT2D eigenvalue weighted by Gasteiger charge is -2.33. The van der Waals surface area contributed by atoms with Crippen molar-refractivity contribution in [3.05, 3.63) is 52.2 Å². The van der Waals surface area contributed by atoms with Gasteiger partial charge in [0, 0.05) is 37.9 Å². The van der Waals surface area contributed by atoms with Gasteiger partial charge in [-0.25, -0.2) is 0 Å². The van der Waals surface area contributed by atoms with E-state index in [0.717, 1.165) is 31.7 Å². The molecule has 1 aliphatic heterocycles. The molecule has 0 bridgehead atoms. The maximum absolute atomic E-state index is 12.2. The number of nitrogens with zero attached hydrogens (tertiary/aromatic N) is 4. The highest BCUT2D eigenvalue weighted by molar-refractivity contribution is 5.75. The van der Waals surface area contributed by atoms with Gasteiger partial charge in [0.1, 0.15) is 6.54 Å². The molecule has 7 heteroatoms. The van der Waals surface area contributed by atoms with Crippen molar-refractivity contribution in [2.24, 2.45) is 0 Å². The van der Waals surface area contributed by atoms with Crippen molar-refractivity contribution in [3.63, 3.8) is 0 Å². The van der Waals surface area contributed by atoms with E-state index in [1.165, 1.54) is 48.4 Å². The molecule has 2 aromatic heterocycles. The smallest absolute Gasteiger partial charge is 0.250 e. The fraction of sp³-hybridized carbons (Fsp3) is 0.571. The molecule has 1 N–H and O–H groups in total. The summed E-state index contributed by atoms with van der Waals surface area (Å²) in [6.45, 7) is 3.45. The van der Waals surface area contributed by atoms with Gasteiger partial charge in [0.25, 0.3) is 5.56 Å². The van der Waals surface area contributed by atoms with E-state index in [-0.39, 0.29) is 18.0 Å². The number of fused-ring (bicyclic) bond motifs is 1. The van der Waals surface area contributed by atoms with Crippen molar-refractivity contribution in [2.75, 3.05) is 6.54 Å². The Morgan fingerprint density at radius 2 is 2.00 bits per heavy atom. The number of hydrogen-bond acceptors (Lipinski definition) is 4. The van der Waals surface area contributed by atoms with Crippen LogP contribution < -0.4 is 10.9 Å². The first-order valence-corrected chi connectivity index (χ1v) is 10.4. The summed E-state index contributed by atoms with van der Waals surface area (Å²) >= 11 is 0. The van der Waals surface area contributed by atoms with Crippen molar-refractivity contribution < 1.29 is 4.79 Å². The number of nitrogens with one attached hydrogen (secondary N) is 1. The maximum Gasteiger partial charge on any atom is 0.250 e. The van der Waals surface area contributed by atoms with Gasteiger partial charge in [-0.2, -0.15) is 5.10 Å². The summed E-state index contributed by atoms with van der Waals surface area (Å²) in [6.07, 6.45) is 9.45. The van der Waals surface area contributed by atoms with Gasteiger partial charge >= 0.3 is 0 Å². The second kappa shape index (κ2) is 8.73. The predicted octanol–water partition coefficient (Wildman–Crippen LogP) is 1.90. The molecule has 1 saturated carbocycles. The molecule has 0 atom stereocenters. The minimum absolute atomic E-state index is 0.0305. The summed E-state index contributed by atoms with van der Waals surface area (Å²) in [7, 11) is 0. The normalized spacial score (nSPS) is 18.4. The molecule has 0 radical (unpaired) electrons. The van der Waals surface area contributed by atoms with Gasteiger partial charge in [-0.3, -0.25) is 19.2 Å². The molecule has 0 unspecified atom stereocenters. The quantitative estimate of drug-likeness (QED) is 0.856. The lowest BCUT2D eigenvalue weighted by atomic mass is 9.94. The van der Waals surface area contributed by atoms with Gasteiger partial charge < -0.3 is 9.88 Å². The van der Waals surface area contributed by atoms with Crippen LogP contribution in [0.1, 0.15) is 49.9 Å². The number of pyridine rings is 1. The molecule has 3 heterocycles. The molecule has 7 nitrogen and oxygen atoms in total. The molecule has 2 aliphatic rings. The minimum atomic E-state index is -0.180. The number of aromatic nitrogens is 3. The number of carbonyl (C=O) groups excluding carboxylic acids is 1. The standard InChI is InChI=1S/C21H29N5O2/c27-20(16-25-10-5-4-9-21(25)28)22-14-17-13-19-15-24(11-6-12-26(19)23-17)18-7-2-1-3-8-18/h4-5,9-10,13,18H,1-3,6-8,11-12,14-16H2,(H,22,27). The average Bonchev–Trinajstić information content (AvgIpc) is 2.99. The number of carbonyl (C=O) groups is 1. The first-order chi connectivity index (χ1) is 13.7. The molecule has 4 rings (SSSR count). The largest absolute Gasteiger partial charge is 0.349 e. The highest BCUT2D eigenvalue weighted by atomic mass is 16.2. The molecule has 1 fully saturated rings. The van der Waals surface area contributed by atoms with E-state index in [1.807, 2.05) is 0 Å². The molecule has 0 saturated heterocycles. The molecule has 0 spiro atoms. The van der Waals surface area contributed by atoms with Crippen molar-refractivity contribution in [1.82, 2.24) is 24.6 Å². The lowest BCUT2D eigenvalue weighted by molar-refractivity contribution is -0.121. The molecular weight excluding hydrogens is 354 g/mol. The zero-order valence-corrected chi connectivity index (χ0v) is 16.3. The Labute approximate surface area is 165 Å². The van der Waals surface area contributed by atoms with Crippen LogP contribution in [-0.2, 0) is 31.0 Å². The van der Waals surface area contributed by atoms with Crippen LogP contribution in [0.5, 0.6) is 0 Å². The van der Waals surface area contributed by atoms with E-state index in [0.29, 0.717) is 12.6 Å². The second-order valence-corrected chi connectivity index (χ2v) is 7.91. The SMILES string of the molecule is O=C(Cn1ccccc1=O)NCc1cc2n(n1)CCCN(C1CCCCC1)C2. The van der Waals surface area contributed by atoms with Crippen molar-refractivity contribution in [1.29, 1.82) is 0 Å². The fourth-order valence-corrected chi connectivity index (χ4v) is 4.38. The lowest BCUT2D eigenvalue weighted by Crippen LogP contribution is -2.36. The van der Waals surface area contributed by atoms with Gasteiger partial charge in [-0.1, -0.05) is 25.3 Å². The number of rotatable bonds is 5. The third-order valence-electron chi connectivity index (χ3n) is 5.86. The third kappa shape index (κ3) is 4.52. The fourth-order valence-electron chi connectivity index (χ4n) is 4.38. The van der Waals surface area contributed by atoms with Crippen LogP contribution >= 0.6 is 0 Å². The Morgan fingerprint density at radius 3 is 2.82 bits per heavy atom. The van der Waals surface area contributed by atoms with Crippen molar-refractivity contribution in [2.45, 2.75) is 70.7 Å².